The molecule has 17 nitrogen and oxygen atoms in total. The Hall–Kier alpha value is -1.94. The van der Waals surface area contributed by atoms with Gasteiger partial charge in [-0.2, -0.15) is 0 Å². The molecule has 0 saturated heterocycles. The van der Waals surface area contributed by atoms with Gasteiger partial charge in [0.1, 0.15) is 19.3 Å². The molecule has 0 aliphatic heterocycles. The molecule has 0 rings (SSSR count). The fraction of sp³-hybridized carbons (Fsp3) is 0.944. The topological polar surface area (TPSA) is 237 Å². The summed E-state index contributed by atoms with van der Waals surface area (Å²) < 4.78 is 68.1. The lowest BCUT2D eigenvalue weighted by Gasteiger charge is -2.21. The van der Waals surface area contributed by atoms with E-state index in [-0.39, 0.29) is 25.7 Å². The maximum atomic E-state index is 13.0. The van der Waals surface area contributed by atoms with Crippen molar-refractivity contribution in [3.63, 3.8) is 0 Å². The predicted octanol–water partition coefficient (Wildman–Crippen LogP) is 20.5. The number of aliphatic hydroxyl groups is 1. The van der Waals surface area contributed by atoms with Gasteiger partial charge in [-0.1, -0.05) is 317 Å². The van der Waals surface area contributed by atoms with Crippen LogP contribution < -0.4 is 0 Å². The van der Waals surface area contributed by atoms with Gasteiger partial charge in [0.05, 0.1) is 26.4 Å². The minimum Gasteiger partial charge on any atom is -0.462 e. The van der Waals surface area contributed by atoms with Crippen molar-refractivity contribution in [2.24, 2.45) is 5.92 Å². The van der Waals surface area contributed by atoms with Crippen LogP contribution in [-0.4, -0.2) is 96.7 Å². The first-order valence-electron chi connectivity index (χ1n) is 37.2. The zero-order valence-corrected chi connectivity index (χ0v) is 60.1. The summed E-state index contributed by atoms with van der Waals surface area (Å²) in [5, 5.41) is 10.6. The molecule has 90 heavy (non-hydrogen) atoms. The number of aliphatic hydroxyl groups excluding tert-OH is 1. The average Bonchev–Trinajstić information content (AvgIpc) is 3.47. The highest BCUT2D eigenvalue weighted by Gasteiger charge is 2.30. The Kier molecular flexibility index (Phi) is 63.0. The fourth-order valence-electron chi connectivity index (χ4n) is 10.8. The Labute approximate surface area is 549 Å². The van der Waals surface area contributed by atoms with E-state index in [2.05, 4.69) is 34.6 Å². The molecule has 0 bridgehead atoms. The SMILES string of the molecule is CCCCCCCCCCCCCCCCCCCC(=O)O[C@H](COC(=O)CCCCCCCCCCCCCCCCCC)COP(=O)(O)OC[C@@H](O)COP(=O)(O)OC[C@@H](COC(=O)CCCCCCC)OC(=O)CCCCCCCCCCC(C)CC. The summed E-state index contributed by atoms with van der Waals surface area (Å²) in [4.78, 5) is 72.3. The van der Waals surface area contributed by atoms with Crippen LogP contribution in [0.5, 0.6) is 0 Å². The van der Waals surface area contributed by atoms with Crippen LogP contribution in [0, 0.1) is 5.92 Å². The van der Waals surface area contributed by atoms with Crippen LogP contribution in [0.1, 0.15) is 369 Å². The number of esters is 4. The number of hydrogen-bond donors (Lipinski definition) is 3. The van der Waals surface area contributed by atoms with E-state index >= 15 is 0 Å². The van der Waals surface area contributed by atoms with Gasteiger partial charge in [-0.05, 0) is 31.6 Å². The molecular weight excluding hydrogens is 1190 g/mol. The Balaban J connectivity index is 5.16. The van der Waals surface area contributed by atoms with Gasteiger partial charge >= 0.3 is 39.5 Å². The van der Waals surface area contributed by atoms with Crippen LogP contribution in [-0.2, 0) is 65.4 Å². The first kappa shape index (κ1) is 88.1. The van der Waals surface area contributed by atoms with Crippen molar-refractivity contribution < 1.29 is 80.2 Å². The van der Waals surface area contributed by atoms with Gasteiger partial charge in [0.2, 0.25) is 0 Å². The third kappa shape index (κ3) is 63.5. The summed E-state index contributed by atoms with van der Waals surface area (Å²) in [6.45, 7) is 7.17. The highest BCUT2D eigenvalue weighted by atomic mass is 31.2. The van der Waals surface area contributed by atoms with Gasteiger partial charge in [0.25, 0.3) is 0 Å². The van der Waals surface area contributed by atoms with E-state index in [9.17, 15) is 43.2 Å². The summed E-state index contributed by atoms with van der Waals surface area (Å²) >= 11 is 0. The molecule has 0 aromatic rings. The van der Waals surface area contributed by atoms with E-state index in [0.717, 1.165) is 102 Å². The van der Waals surface area contributed by atoms with Crippen molar-refractivity contribution in [3.8, 4) is 0 Å². The van der Waals surface area contributed by atoms with Gasteiger partial charge in [-0.3, -0.25) is 37.3 Å². The van der Waals surface area contributed by atoms with E-state index < -0.39 is 97.5 Å². The highest BCUT2D eigenvalue weighted by Crippen LogP contribution is 2.45. The fourth-order valence-corrected chi connectivity index (χ4v) is 12.4. The third-order valence-electron chi connectivity index (χ3n) is 16.9. The molecule has 0 aromatic heterocycles. The largest absolute Gasteiger partial charge is 0.472 e. The maximum absolute atomic E-state index is 13.0. The van der Waals surface area contributed by atoms with Gasteiger partial charge in [0, 0.05) is 25.7 Å². The van der Waals surface area contributed by atoms with Crippen molar-refractivity contribution in [2.45, 2.75) is 387 Å². The average molecular weight is 1330 g/mol. The Bertz CT molecular complexity index is 1740. The second-order valence-electron chi connectivity index (χ2n) is 25.9. The van der Waals surface area contributed by atoms with Gasteiger partial charge in [0.15, 0.2) is 12.2 Å². The second-order valence-corrected chi connectivity index (χ2v) is 28.8. The van der Waals surface area contributed by atoms with E-state index in [1.807, 2.05) is 0 Å². The van der Waals surface area contributed by atoms with Crippen LogP contribution in [0.4, 0.5) is 0 Å². The first-order chi connectivity index (χ1) is 43.6. The van der Waals surface area contributed by atoms with E-state index in [4.69, 9.17) is 37.0 Å². The molecule has 0 aromatic carbocycles. The molecule has 0 amide bonds. The number of phosphoric acid groups is 2. The molecule has 3 N–H and O–H groups in total. The van der Waals surface area contributed by atoms with Crippen molar-refractivity contribution in [1.82, 2.24) is 0 Å². The molecule has 19 heteroatoms. The van der Waals surface area contributed by atoms with Crippen LogP contribution >= 0.6 is 15.6 Å². The zero-order valence-electron chi connectivity index (χ0n) is 58.3. The number of ether oxygens (including phenoxy) is 4. The molecule has 0 heterocycles. The Morgan fingerprint density at radius 3 is 0.789 bits per heavy atom. The van der Waals surface area contributed by atoms with Crippen molar-refractivity contribution in [2.75, 3.05) is 39.6 Å². The van der Waals surface area contributed by atoms with Gasteiger partial charge in [-0.15, -0.1) is 0 Å². The maximum Gasteiger partial charge on any atom is 0.472 e. The van der Waals surface area contributed by atoms with Crippen molar-refractivity contribution in [3.05, 3.63) is 0 Å². The number of unbranched alkanes of at least 4 members (excludes halogenated alkanes) is 42. The number of rotatable bonds is 71. The molecule has 0 aliphatic carbocycles. The number of hydrogen-bond acceptors (Lipinski definition) is 15. The smallest absolute Gasteiger partial charge is 0.462 e. The van der Waals surface area contributed by atoms with Crippen molar-refractivity contribution in [1.29, 1.82) is 0 Å². The normalized spacial score (nSPS) is 14.4. The number of phosphoric ester groups is 2. The van der Waals surface area contributed by atoms with Crippen LogP contribution in [0.25, 0.3) is 0 Å². The van der Waals surface area contributed by atoms with E-state index in [0.29, 0.717) is 25.7 Å². The number of carbonyl (C=O) groups is 4. The molecule has 6 atom stereocenters. The van der Waals surface area contributed by atoms with Crippen LogP contribution in [0.15, 0.2) is 0 Å². The molecule has 0 radical (unpaired) electrons. The lowest BCUT2D eigenvalue weighted by Crippen LogP contribution is -2.30. The monoisotopic (exact) mass is 1320 g/mol. The highest BCUT2D eigenvalue weighted by molar-refractivity contribution is 7.47. The Morgan fingerprint density at radius 2 is 0.533 bits per heavy atom. The quantitative estimate of drug-likeness (QED) is 0.0222. The van der Waals surface area contributed by atoms with Crippen LogP contribution in [0.3, 0.4) is 0 Å². The predicted molar refractivity (Wildman–Crippen MR) is 363 cm³/mol. The molecule has 0 saturated carbocycles. The number of carbonyl (C=O) groups excluding carboxylic acids is 4. The standard InChI is InChI=1S/C71H138O17P2/c1-6-10-13-16-18-20-22-24-26-28-30-32-34-36-41-46-51-56-70(75)88-67(61-82-69(74)55-50-45-40-35-33-31-29-27-25-23-21-19-17-14-11-7-2)63-86-90(79,80)84-59-65(72)58-83-89(77,78)85-62-66(60-81-68(73)54-49-43-15-12-8-3)87-71(76)57-52-47-42-38-37-39-44-48-53-64(5)9-4/h64-67,72H,6-63H2,1-5H3,(H,77,78)(H,79,80)/t64?,65-,66+,67+/m0/s1. The summed E-state index contributed by atoms with van der Waals surface area (Å²) in [5.74, 6) is -1.36. The molecule has 534 valence electrons. The molecule has 0 aliphatic rings. The molecule has 0 spiro atoms. The lowest BCUT2D eigenvalue weighted by atomic mass is 9.99. The lowest BCUT2D eigenvalue weighted by molar-refractivity contribution is -0.161. The minimum atomic E-state index is -4.95. The summed E-state index contributed by atoms with van der Waals surface area (Å²) in [6, 6.07) is 0. The molecular formula is C71H138O17P2. The van der Waals surface area contributed by atoms with E-state index in [1.165, 1.54) is 186 Å². The van der Waals surface area contributed by atoms with Gasteiger partial charge in [-0.25, -0.2) is 9.13 Å². The van der Waals surface area contributed by atoms with Crippen molar-refractivity contribution >= 4 is 39.5 Å². The third-order valence-corrected chi connectivity index (χ3v) is 18.8. The Morgan fingerprint density at radius 1 is 0.311 bits per heavy atom. The van der Waals surface area contributed by atoms with E-state index in [1.54, 1.807) is 0 Å². The minimum absolute atomic E-state index is 0.104. The summed E-state index contributed by atoms with van der Waals surface area (Å²) in [6.07, 6.45) is 51.7. The van der Waals surface area contributed by atoms with Crippen LogP contribution in [0.2, 0.25) is 0 Å². The summed E-state index contributed by atoms with van der Waals surface area (Å²) in [7, 11) is -9.89. The van der Waals surface area contributed by atoms with Gasteiger partial charge < -0.3 is 33.8 Å². The zero-order chi connectivity index (χ0) is 66.3. The summed E-state index contributed by atoms with van der Waals surface area (Å²) in [5.41, 5.74) is 0. The molecule has 0 fully saturated rings. The molecule has 3 unspecified atom stereocenters. The second kappa shape index (κ2) is 64.4. The first-order valence-corrected chi connectivity index (χ1v) is 40.2.